The number of ether oxygens (including phenoxy) is 1. The standard InChI is InChI=1S/C13H15FN2O3/c1-13(8-19-2)11(17)16(12(18)15-13)7-9-5-3-4-6-10(9)14/h3-6H,7-8H2,1-2H3,(H,15,18)/t13-/m1/s1. The van der Waals surface area contributed by atoms with Crippen molar-refractivity contribution in [3.63, 3.8) is 0 Å². The Balaban J connectivity index is 2.20. The lowest BCUT2D eigenvalue weighted by atomic mass is 10.0. The largest absolute Gasteiger partial charge is 0.382 e. The van der Waals surface area contributed by atoms with E-state index in [1.165, 1.54) is 13.2 Å². The summed E-state index contributed by atoms with van der Waals surface area (Å²) in [6.07, 6.45) is 0. The first-order valence-electron chi connectivity index (χ1n) is 5.84. The van der Waals surface area contributed by atoms with E-state index in [1.54, 1.807) is 25.1 Å². The highest BCUT2D eigenvalue weighted by molar-refractivity contribution is 6.06. The van der Waals surface area contributed by atoms with Crippen molar-refractivity contribution in [1.82, 2.24) is 10.2 Å². The third-order valence-corrected chi connectivity index (χ3v) is 3.06. The number of carbonyl (C=O) groups is 2. The molecule has 0 spiro atoms. The molecule has 0 radical (unpaired) electrons. The molecule has 0 aliphatic carbocycles. The molecular weight excluding hydrogens is 251 g/mol. The topological polar surface area (TPSA) is 58.6 Å². The minimum absolute atomic E-state index is 0.0747. The van der Waals surface area contributed by atoms with E-state index in [2.05, 4.69) is 5.32 Å². The maximum absolute atomic E-state index is 13.5. The number of nitrogens with one attached hydrogen (secondary N) is 1. The lowest BCUT2D eigenvalue weighted by molar-refractivity contribution is -0.132. The number of urea groups is 1. The number of benzene rings is 1. The molecule has 6 heteroatoms. The summed E-state index contributed by atoms with van der Waals surface area (Å²) in [6.45, 7) is 1.57. The Hall–Kier alpha value is -1.95. The third kappa shape index (κ3) is 2.44. The van der Waals surface area contributed by atoms with E-state index >= 15 is 0 Å². The van der Waals surface area contributed by atoms with E-state index in [0.717, 1.165) is 4.90 Å². The van der Waals surface area contributed by atoms with Gasteiger partial charge in [-0.05, 0) is 13.0 Å². The average molecular weight is 266 g/mol. The lowest BCUT2D eigenvalue weighted by Crippen LogP contribution is -2.47. The lowest BCUT2D eigenvalue weighted by Gasteiger charge is -2.20. The summed E-state index contributed by atoms with van der Waals surface area (Å²) >= 11 is 0. The second-order valence-corrected chi connectivity index (χ2v) is 4.68. The number of rotatable bonds is 4. The van der Waals surface area contributed by atoms with Crippen molar-refractivity contribution in [3.05, 3.63) is 35.6 Å². The van der Waals surface area contributed by atoms with Crippen LogP contribution in [0, 0.1) is 5.82 Å². The van der Waals surface area contributed by atoms with Gasteiger partial charge in [0.2, 0.25) is 0 Å². The molecule has 0 saturated carbocycles. The second kappa shape index (κ2) is 4.97. The summed E-state index contributed by atoms with van der Waals surface area (Å²) in [5.41, 5.74) is -0.787. The van der Waals surface area contributed by atoms with E-state index in [0.29, 0.717) is 5.56 Å². The Bertz CT molecular complexity index is 520. The van der Waals surface area contributed by atoms with Crippen LogP contribution in [0.25, 0.3) is 0 Å². The normalized spacial score (nSPS) is 22.8. The van der Waals surface area contributed by atoms with Crippen molar-refractivity contribution in [3.8, 4) is 0 Å². The Morgan fingerprint density at radius 1 is 1.37 bits per heavy atom. The molecule has 102 valence electrons. The van der Waals surface area contributed by atoms with Gasteiger partial charge in [0.25, 0.3) is 5.91 Å². The highest BCUT2D eigenvalue weighted by atomic mass is 19.1. The van der Waals surface area contributed by atoms with Crippen LogP contribution in [0.5, 0.6) is 0 Å². The van der Waals surface area contributed by atoms with Crippen molar-refractivity contribution in [2.24, 2.45) is 0 Å². The first-order chi connectivity index (χ1) is 8.98. The molecule has 0 aromatic heterocycles. The molecular formula is C13H15FN2O3. The van der Waals surface area contributed by atoms with Crippen LogP contribution in [0.1, 0.15) is 12.5 Å². The zero-order chi connectivity index (χ0) is 14.0. The van der Waals surface area contributed by atoms with Gasteiger partial charge in [0.1, 0.15) is 11.4 Å². The zero-order valence-electron chi connectivity index (χ0n) is 10.8. The molecule has 0 unspecified atom stereocenters. The fraction of sp³-hybridized carbons (Fsp3) is 0.385. The van der Waals surface area contributed by atoms with E-state index in [9.17, 15) is 14.0 Å². The van der Waals surface area contributed by atoms with E-state index < -0.39 is 23.3 Å². The maximum Gasteiger partial charge on any atom is 0.325 e. The molecule has 1 heterocycles. The molecule has 1 aliphatic heterocycles. The van der Waals surface area contributed by atoms with Crippen LogP contribution in [-0.4, -0.2) is 36.1 Å². The van der Waals surface area contributed by atoms with Crippen LogP contribution >= 0.6 is 0 Å². The number of nitrogens with zero attached hydrogens (tertiary/aromatic N) is 1. The molecule has 1 atom stereocenters. The van der Waals surface area contributed by atoms with Gasteiger partial charge in [0.05, 0.1) is 13.2 Å². The molecule has 19 heavy (non-hydrogen) atoms. The van der Waals surface area contributed by atoms with Crippen LogP contribution in [-0.2, 0) is 16.1 Å². The molecule has 1 aromatic carbocycles. The van der Waals surface area contributed by atoms with Crippen LogP contribution < -0.4 is 5.32 Å². The minimum Gasteiger partial charge on any atom is -0.382 e. The summed E-state index contributed by atoms with van der Waals surface area (Å²) in [5, 5.41) is 2.56. The molecule has 3 amide bonds. The summed E-state index contributed by atoms with van der Waals surface area (Å²) in [7, 11) is 1.45. The number of imide groups is 1. The van der Waals surface area contributed by atoms with Gasteiger partial charge in [-0.15, -0.1) is 0 Å². The summed E-state index contributed by atoms with van der Waals surface area (Å²) in [5.74, 6) is -0.856. The number of carbonyl (C=O) groups excluding carboxylic acids is 2. The van der Waals surface area contributed by atoms with Crippen LogP contribution in [0.3, 0.4) is 0 Å². The fourth-order valence-corrected chi connectivity index (χ4v) is 2.07. The monoisotopic (exact) mass is 266 g/mol. The smallest absolute Gasteiger partial charge is 0.325 e. The number of methoxy groups -OCH3 is 1. The predicted molar refractivity (Wildman–Crippen MR) is 65.8 cm³/mol. The van der Waals surface area contributed by atoms with Crippen molar-refractivity contribution in [2.75, 3.05) is 13.7 Å². The van der Waals surface area contributed by atoms with Gasteiger partial charge in [-0.1, -0.05) is 18.2 Å². The van der Waals surface area contributed by atoms with E-state index in [1.807, 2.05) is 0 Å². The average Bonchev–Trinajstić information content (AvgIpc) is 2.56. The number of hydrogen-bond acceptors (Lipinski definition) is 3. The highest BCUT2D eigenvalue weighted by Gasteiger charge is 2.47. The zero-order valence-corrected chi connectivity index (χ0v) is 10.8. The van der Waals surface area contributed by atoms with Crippen molar-refractivity contribution < 1.29 is 18.7 Å². The van der Waals surface area contributed by atoms with Crippen molar-refractivity contribution in [1.29, 1.82) is 0 Å². The third-order valence-electron chi connectivity index (χ3n) is 3.06. The fourth-order valence-electron chi connectivity index (χ4n) is 2.07. The van der Waals surface area contributed by atoms with Crippen molar-refractivity contribution >= 4 is 11.9 Å². The van der Waals surface area contributed by atoms with Gasteiger partial charge in [0, 0.05) is 12.7 Å². The Labute approximate surface area is 110 Å². The van der Waals surface area contributed by atoms with Gasteiger partial charge in [-0.3, -0.25) is 9.69 Å². The number of amides is 3. The second-order valence-electron chi connectivity index (χ2n) is 4.68. The summed E-state index contributed by atoms with van der Waals surface area (Å²) < 4.78 is 18.5. The number of halogens is 1. The van der Waals surface area contributed by atoms with Gasteiger partial charge < -0.3 is 10.1 Å². The van der Waals surface area contributed by atoms with E-state index in [4.69, 9.17) is 4.74 Å². The predicted octanol–water partition coefficient (Wildman–Crippen LogP) is 1.28. The van der Waals surface area contributed by atoms with Gasteiger partial charge in [0.15, 0.2) is 0 Å². The molecule has 0 bridgehead atoms. The van der Waals surface area contributed by atoms with Crippen molar-refractivity contribution in [2.45, 2.75) is 19.0 Å². The van der Waals surface area contributed by atoms with Gasteiger partial charge in [-0.2, -0.15) is 0 Å². The summed E-state index contributed by atoms with van der Waals surface area (Å²) in [4.78, 5) is 25.0. The minimum atomic E-state index is -1.09. The first kappa shape index (κ1) is 13.5. The van der Waals surface area contributed by atoms with E-state index in [-0.39, 0.29) is 13.2 Å². The number of hydrogen-bond donors (Lipinski definition) is 1. The highest BCUT2D eigenvalue weighted by Crippen LogP contribution is 2.21. The first-order valence-corrected chi connectivity index (χ1v) is 5.84. The van der Waals surface area contributed by atoms with Crippen LogP contribution in [0.4, 0.5) is 9.18 Å². The molecule has 1 aliphatic rings. The molecule has 1 saturated heterocycles. The Morgan fingerprint density at radius 2 is 2.05 bits per heavy atom. The Kier molecular flexibility index (Phi) is 3.53. The van der Waals surface area contributed by atoms with Crippen LogP contribution in [0.2, 0.25) is 0 Å². The Morgan fingerprint density at radius 3 is 2.68 bits per heavy atom. The SMILES string of the molecule is COC[C@@]1(C)NC(=O)N(Cc2ccccc2F)C1=O. The maximum atomic E-state index is 13.5. The molecule has 2 rings (SSSR count). The molecule has 1 fully saturated rings. The van der Waals surface area contributed by atoms with Gasteiger partial charge in [-0.25, -0.2) is 9.18 Å². The summed E-state index contributed by atoms with van der Waals surface area (Å²) in [6, 6.07) is 5.52. The molecule has 5 nitrogen and oxygen atoms in total. The van der Waals surface area contributed by atoms with Gasteiger partial charge >= 0.3 is 6.03 Å². The molecule has 1 N–H and O–H groups in total. The van der Waals surface area contributed by atoms with Crippen LogP contribution in [0.15, 0.2) is 24.3 Å². The molecule has 1 aromatic rings. The quantitative estimate of drug-likeness (QED) is 0.835.